The van der Waals surface area contributed by atoms with Gasteiger partial charge < -0.3 is 25.2 Å². The van der Waals surface area contributed by atoms with Crippen molar-refractivity contribution in [1.29, 1.82) is 0 Å². The van der Waals surface area contributed by atoms with Crippen LogP contribution in [-0.4, -0.2) is 44.2 Å². The Bertz CT molecular complexity index is 840. The topological polar surface area (TPSA) is 75.1 Å². The normalized spacial score (nSPS) is 10.9. The molecule has 0 heterocycles. The van der Waals surface area contributed by atoms with E-state index in [4.69, 9.17) is 14.6 Å². The smallest absolute Gasteiger partial charge is 0.191 e. The average molecular weight is 563 g/mol. The summed E-state index contributed by atoms with van der Waals surface area (Å²) in [5, 5.41) is 15.5. The number of hydrogen-bond donors (Lipinski definition) is 3. The van der Waals surface area contributed by atoms with Crippen molar-refractivity contribution < 1.29 is 19.0 Å². The van der Waals surface area contributed by atoms with E-state index < -0.39 is 0 Å². The molecule has 0 aromatic heterocycles. The average Bonchev–Trinajstić information content (AvgIpc) is 2.75. The third kappa shape index (κ3) is 9.12. The van der Waals surface area contributed by atoms with E-state index in [9.17, 15) is 4.39 Å². The van der Waals surface area contributed by atoms with Crippen LogP contribution in [0, 0.1) is 5.82 Å². The third-order valence-corrected chi connectivity index (χ3v) is 4.85. The predicted molar refractivity (Wildman–Crippen MR) is 136 cm³/mol. The minimum atomic E-state index is -0.219. The first-order chi connectivity index (χ1) is 14.6. The predicted octanol–water partition coefficient (Wildman–Crippen LogP) is 3.94. The molecule has 3 N–H and O–H groups in total. The van der Waals surface area contributed by atoms with Gasteiger partial charge in [0.2, 0.25) is 0 Å². The van der Waals surface area contributed by atoms with Crippen LogP contribution in [0.15, 0.2) is 41.4 Å². The first-order valence-electron chi connectivity index (χ1n) is 9.80. The summed E-state index contributed by atoms with van der Waals surface area (Å²) in [6, 6.07) is 10.5. The van der Waals surface area contributed by atoms with Crippen LogP contribution in [0.3, 0.4) is 0 Å². The number of nitrogens with one attached hydrogen (secondary N) is 2. The number of halogens is 2. The van der Waals surface area contributed by atoms with Crippen LogP contribution in [-0.2, 0) is 18.8 Å². The zero-order chi connectivity index (χ0) is 21.8. The van der Waals surface area contributed by atoms with Crippen molar-refractivity contribution in [2.45, 2.75) is 25.8 Å². The SMILES string of the molecule is CCNC(=NCc1ccc(OCCO)c(OC)c1)NCc1ccc(F)cc1CSC.I. The third-order valence-electron chi connectivity index (χ3n) is 4.26. The Morgan fingerprint density at radius 3 is 2.61 bits per heavy atom. The Kier molecular flexibility index (Phi) is 13.3. The van der Waals surface area contributed by atoms with Gasteiger partial charge in [0.15, 0.2) is 17.5 Å². The van der Waals surface area contributed by atoms with Gasteiger partial charge in [-0.05, 0) is 54.1 Å². The lowest BCUT2D eigenvalue weighted by molar-refractivity contribution is 0.196. The zero-order valence-corrected chi connectivity index (χ0v) is 21.3. The monoisotopic (exact) mass is 563 g/mol. The van der Waals surface area contributed by atoms with E-state index in [1.54, 1.807) is 24.9 Å². The molecule has 0 saturated heterocycles. The Balaban J connectivity index is 0.00000480. The molecule has 0 bridgehead atoms. The van der Waals surface area contributed by atoms with Crippen molar-refractivity contribution in [2.75, 3.05) is 33.1 Å². The summed E-state index contributed by atoms with van der Waals surface area (Å²) >= 11 is 1.66. The zero-order valence-electron chi connectivity index (χ0n) is 18.1. The molecule has 0 atom stereocenters. The van der Waals surface area contributed by atoms with Crippen LogP contribution in [0.1, 0.15) is 23.6 Å². The fourth-order valence-electron chi connectivity index (χ4n) is 2.83. The highest BCUT2D eigenvalue weighted by molar-refractivity contribution is 14.0. The van der Waals surface area contributed by atoms with E-state index in [2.05, 4.69) is 15.6 Å². The maximum absolute atomic E-state index is 13.6. The van der Waals surface area contributed by atoms with Crippen molar-refractivity contribution in [3.05, 3.63) is 58.9 Å². The second-order valence-corrected chi connectivity index (χ2v) is 7.32. The molecule has 2 aromatic carbocycles. The summed E-state index contributed by atoms with van der Waals surface area (Å²) in [6.45, 7) is 3.89. The fourth-order valence-corrected chi connectivity index (χ4v) is 3.41. The number of guanidine groups is 1. The van der Waals surface area contributed by atoms with Gasteiger partial charge in [0.25, 0.3) is 0 Å². The molecule has 6 nitrogen and oxygen atoms in total. The van der Waals surface area contributed by atoms with Gasteiger partial charge in [-0.1, -0.05) is 12.1 Å². The molecule has 172 valence electrons. The Morgan fingerprint density at radius 1 is 1.13 bits per heavy atom. The molecule has 0 amide bonds. The Hall–Kier alpha value is -1.72. The second-order valence-electron chi connectivity index (χ2n) is 6.45. The van der Waals surface area contributed by atoms with Crippen LogP contribution in [0.2, 0.25) is 0 Å². The largest absolute Gasteiger partial charge is 0.493 e. The van der Waals surface area contributed by atoms with E-state index >= 15 is 0 Å². The first-order valence-corrected chi connectivity index (χ1v) is 11.2. The van der Waals surface area contributed by atoms with E-state index in [1.807, 2.05) is 37.4 Å². The fraction of sp³-hybridized carbons (Fsp3) is 0.409. The number of methoxy groups -OCH3 is 1. The number of aliphatic imine (C=N–C) groups is 1. The highest BCUT2D eigenvalue weighted by Crippen LogP contribution is 2.28. The minimum Gasteiger partial charge on any atom is -0.493 e. The summed E-state index contributed by atoms with van der Waals surface area (Å²) in [5.41, 5.74) is 2.99. The standard InChI is InChI=1S/C22H30FN3O3S.HI/c1-4-24-22(26-14-17-6-7-19(23)12-18(17)15-30-3)25-13-16-5-8-20(29-10-9-27)21(11-16)28-2;/h5-8,11-12,27H,4,9-10,13-15H2,1-3H3,(H2,24,25,26);1H. The molecule has 31 heavy (non-hydrogen) atoms. The first kappa shape index (κ1) is 27.3. The molecule has 0 radical (unpaired) electrons. The molecule has 2 rings (SSSR count). The van der Waals surface area contributed by atoms with Gasteiger partial charge in [-0.2, -0.15) is 11.8 Å². The Labute approximate surface area is 205 Å². The van der Waals surface area contributed by atoms with Crippen LogP contribution in [0.4, 0.5) is 4.39 Å². The van der Waals surface area contributed by atoms with E-state index in [0.29, 0.717) is 30.5 Å². The van der Waals surface area contributed by atoms with Crippen LogP contribution in [0.5, 0.6) is 11.5 Å². The number of aliphatic hydroxyl groups excluding tert-OH is 1. The molecular weight excluding hydrogens is 532 g/mol. The summed E-state index contributed by atoms with van der Waals surface area (Å²) in [7, 11) is 1.58. The van der Waals surface area contributed by atoms with Gasteiger partial charge in [-0.15, -0.1) is 24.0 Å². The quantitative estimate of drug-likeness (QED) is 0.219. The number of benzene rings is 2. The molecule has 0 saturated carbocycles. The van der Waals surface area contributed by atoms with Gasteiger partial charge in [0.05, 0.1) is 20.3 Å². The van der Waals surface area contributed by atoms with E-state index in [-0.39, 0.29) is 43.0 Å². The van der Waals surface area contributed by atoms with Gasteiger partial charge >= 0.3 is 0 Å². The molecule has 2 aromatic rings. The number of hydrogen-bond acceptors (Lipinski definition) is 5. The second kappa shape index (κ2) is 15.1. The Morgan fingerprint density at radius 2 is 1.94 bits per heavy atom. The molecule has 0 fully saturated rings. The highest BCUT2D eigenvalue weighted by atomic mass is 127. The van der Waals surface area contributed by atoms with E-state index in [1.165, 1.54) is 6.07 Å². The lowest BCUT2D eigenvalue weighted by Crippen LogP contribution is -2.37. The summed E-state index contributed by atoms with van der Waals surface area (Å²) < 4.78 is 24.4. The maximum atomic E-state index is 13.6. The molecule has 0 aliphatic carbocycles. The van der Waals surface area contributed by atoms with Crippen molar-refractivity contribution >= 4 is 41.7 Å². The number of nitrogens with zero attached hydrogens (tertiary/aromatic N) is 1. The van der Waals surface area contributed by atoms with Crippen molar-refractivity contribution in [1.82, 2.24) is 10.6 Å². The number of aliphatic hydroxyl groups is 1. The maximum Gasteiger partial charge on any atom is 0.191 e. The number of rotatable bonds is 11. The minimum absolute atomic E-state index is 0. The lowest BCUT2D eigenvalue weighted by atomic mass is 10.1. The van der Waals surface area contributed by atoms with E-state index in [0.717, 1.165) is 29.0 Å². The lowest BCUT2D eigenvalue weighted by Gasteiger charge is -2.14. The van der Waals surface area contributed by atoms with Gasteiger partial charge in [-0.25, -0.2) is 9.38 Å². The summed E-state index contributed by atoms with van der Waals surface area (Å²) in [6.07, 6.45) is 2.00. The van der Waals surface area contributed by atoms with Gasteiger partial charge in [0, 0.05) is 18.8 Å². The van der Waals surface area contributed by atoms with Crippen molar-refractivity contribution in [2.24, 2.45) is 4.99 Å². The van der Waals surface area contributed by atoms with Crippen LogP contribution in [0.25, 0.3) is 0 Å². The number of thioether (sulfide) groups is 1. The van der Waals surface area contributed by atoms with Crippen molar-refractivity contribution in [3.63, 3.8) is 0 Å². The van der Waals surface area contributed by atoms with Gasteiger partial charge in [0.1, 0.15) is 12.4 Å². The highest BCUT2D eigenvalue weighted by Gasteiger charge is 2.08. The molecule has 0 spiro atoms. The van der Waals surface area contributed by atoms with Crippen LogP contribution < -0.4 is 20.1 Å². The van der Waals surface area contributed by atoms with Crippen molar-refractivity contribution in [3.8, 4) is 11.5 Å². The molecule has 9 heteroatoms. The summed E-state index contributed by atoms with van der Waals surface area (Å²) in [5.74, 6) is 2.40. The van der Waals surface area contributed by atoms with Crippen LogP contribution >= 0.6 is 35.7 Å². The molecular formula is C22H31FIN3O3S. The molecule has 0 aliphatic heterocycles. The summed E-state index contributed by atoms with van der Waals surface area (Å²) in [4.78, 5) is 4.64. The molecule has 0 unspecified atom stereocenters. The van der Waals surface area contributed by atoms with Gasteiger partial charge in [-0.3, -0.25) is 0 Å². The molecule has 0 aliphatic rings. The number of ether oxygens (including phenoxy) is 2.